The third-order valence-electron chi connectivity index (χ3n) is 1.31. The summed E-state index contributed by atoms with van der Waals surface area (Å²) in [6.07, 6.45) is 1.17. The summed E-state index contributed by atoms with van der Waals surface area (Å²) in [6.45, 7) is 5.25. The van der Waals surface area contributed by atoms with Gasteiger partial charge in [0, 0.05) is 26.0 Å². The Labute approximate surface area is 74.1 Å². The van der Waals surface area contributed by atoms with Crippen LogP contribution in [-0.4, -0.2) is 38.3 Å². The zero-order valence-corrected chi connectivity index (χ0v) is 8.38. The first-order chi connectivity index (χ1) is 5.41. The van der Waals surface area contributed by atoms with Crippen LogP contribution in [0.15, 0.2) is 0 Å². The first kappa shape index (κ1) is 11.3. The second-order valence-corrected chi connectivity index (χ2v) is 3.54. The summed E-state index contributed by atoms with van der Waals surface area (Å²) >= 11 is 1.99. The molecule has 0 saturated carbocycles. The lowest BCUT2D eigenvalue weighted by Gasteiger charge is -2.01. The number of hydrogen-bond donors (Lipinski definition) is 1. The molecule has 3 heteroatoms. The molecule has 0 saturated heterocycles. The van der Waals surface area contributed by atoms with Crippen molar-refractivity contribution in [3.05, 3.63) is 0 Å². The van der Waals surface area contributed by atoms with E-state index in [1.165, 1.54) is 17.9 Å². The van der Waals surface area contributed by atoms with Gasteiger partial charge in [-0.1, -0.05) is 6.92 Å². The average Bonchev–Trinajstić information content (AvgIpc) is 2.03. The van der Waals surface area contributed by atoms with Crippen molar-refractivity contribution in [3.8, 4) is 0 Å². The van der Waals surface area contributed by atoms with Gasteiger partial charge in [-0.15, -0.1) is 0 Å². The van der Waals surface area contributed by atoms with Crippen LogP contribution in [0.2, 0.25) is 0 Å². The van der Waals surface area contributed by atoms with Gasteiger partial charge in [-0.2, -0.15) is 11.8 Å². The maximum absolute atomic E-state index is 4.94. The van der Waals surface area contributed by atoms with Crippen LogP contribution in [0.4, 0.5) is 0 Å². The molecule has 0 aromatic rings. The number of thioether (sulfide) groups is 1. The minimum atomic E-state index is 0.897. The minimum absolute atomic E-state index is 0.897. The number of rotatable bonds is 8. The Morgan fingerprint density at radius 3 is 2.82 bits per heavy atom. The number of ether oxygens (including phenoxy) is 1. The normalized spacial score (nSPS) is 10.4. The van der Waals surface area contributed by atoms with Gasteiger partial charge in [-0.25, -0.2) is 0 Å². The summed E-state index contributed by atoms with van der Waals surface area (Å²) in [7, 11) is 1.75. The van der Waals surface area contributed by atoms with E-state index in [1.54, 1.807) is 7.11 Å². The molecule has 2 nitrogen and oxygen atoms in total. The van der Waals surface area contributed by atoms with E-state index in [0.717, 1.165) is 19.7 Å². The lowest BCUT2D eigenvalue weighted by molar-refractivity contribution is 0.200. The smallest absolute Gasteiger partial charge is 0.0470 e. The van der Waals surface area contributed by atoms with Crippen molar-refractivity contribution in [2.45, 2.75) is 13.3 Å². The van der Waals surface area contributed by atoms with Gasteiger partial charge in [-0.05, 0) is 18.7 Å². The zero-order valence-electron chi connectivity index (χ0n) is 7.56. The van der Waals surface area contributed by atoms with Crippen LogP contribution in [0.25, 0.3) is 0 Å². The fourth-order valence-electron chi connectivity index (χ4n) is 0.729. The second-order valence-electron chi connectivity index (χ2n) is 2.31. The van der Waals surface area contributed by atoms with Crippen molar-refractivity contribution in [3.63, 3.8) is 0 Å². The lowest BCUT2D eigenvalue weighted by atomic mass is 10.5. The van der Waals surface area contributed by atoms with Crippen molar-refractivity contribution >= 4 is 11.8 Å². The highest BCUT2D eigenvalue weighted by Gasteiger charge is 1.88. The quantitative estimate of drug-likeness (QED) is 0.566. The molecule has 0 fully saturated rings. The van der Waals surface area contributed by atoms with E-state index in [1.807, 2.05) is 11.8 Å². The van der Waals surface area contributed by atoms with Gasteiger partial charge in [0.1, 0.15) is 0 Å². The highest BCUT2D eigenvalue weighted by molar-refractivity contribution is 7.99. The standard InChI is InChI=1S/C8H19NOS/c1-3-9-5-8-11-7-4-6-10-2/h9H,3-8H2,1-2H3. The van der Waals surface area contributed by atoms with Gasteiger partial charge in [-0.3, -0.25) is 0 Å². The Bertz CT molecular complexity index is 63.1. The molecule has 11 heavy (non-hydrogen) atoms. The molecule has 68 valence electrons. The number of nitrogens with one attached hydrogen (secondary N) is 1. The highest BCUT2D eigenvalue weighted by Crippen LogP contribution is 2.00. The largest absolute Gasteiger partial charge is 0.385 e. The van der Waals surface area contributed by atoms with Gasteiger partial charge in [0.25, 0.3) is 0 Å². The summed E-state index contributed by atoms with van der Waals surface area (Å²) in [5.74, 6) is 2.44. The van der Waals surface area contributed by atoms with Crippen molar-refractivity contribution < 1.29 is 4.74 Å². The highest BCUT2D eigenvalue weighted by atomic mass is 32.2. The van der Waals surface area contributed by atoms with E-state index in [-0.39, 0.29) is 0 Å². The fourth-order valence-corrected chi connectivity index (χ4v) is 1.54. The van der Waals surface area contributed by atoms with E-state index in [0.29, 0.717) is 0 Å². The summed E-state index contributed by atoms with van der Waals surface area (Å²) in [4.78, 5) is 0. The first-order valence-corrected chi connectivity index (χ1v) is 5.34. The van der Waals surface area contributed by atoms with Gasteiger partial charge >= 0.3 is 0 Å². The van der Waals surface area contributed by atoms with Gasteiger partial charge in [0.05, 0.1) is 0 Å². The third kappa shape index (κ3) is 10.3. The molecule has 0 bridgehead atoms. The van der Waals surface area contributed by atoms with Gasteiger partial charge < -0.3 is 10.1 Å². The topological polar surface area (TPSA) is 21.3 Å². The third-order valence-corrected chi connectivity index (χ3v) is 2.38. The van der Waals surface area contributed by atoms with Crippen LogP contribution in [0, 0.1) is 0 Å². The Morgan fingerprint density at radius 2 is 2.18 bits per heavy atom. The molecule has 0 aromatic heterocycles. The van der Waals surface area contributed by atoms with E-state index >= 15 is 0 Å². The van der Waals surface area contributed by atoms with E-state index < -0.39 is 0 Å². The predicted molar refractivity (Wildman–Crippen MR) is 52.4 cm³/mol. The summed E-state index contributed by atoms with van der Waals surface area (Å²) in [5.41, 5.74) is 0. The molecule has 1 N–H and O–H groups in total. The van der Waals surface area contributed by atoms with Crippen LogP contribution in [0.1, 0.15) is 13.3 Å². The Hall–Kier alpha value is 0.270. The maximum atomic E-state index is 4.94. The number of methoxy groups -OCH3 is 1. The van der Waals surface area contributed by atoms with Crippen LogP contribution in [0.3, 0.4) is 0 Å². The van der Waals surface area contributed by atoms with Gasteiger partial charge in [0.2, 0.25) is 0 Å². The molecule has 0 aliphatic carbocycles. The molecule has 0 unspecified atom stereocenters. The monoisotopic (exact) mass is 177 g/mol. The van der Waals surface area contributed by atoms with Crippen molar-refractivity contribution in [2.24, 2.45) is 0 Å². The molecule has 0 atom stereocenters. The average molecular weight is 177 g/mol. The van der Waals surface area contributed by atoms with Crippen LogP contribution in [0.5, 0.6) is 0 Å². The Morgan fingerprint density at radius 1 is 1.36 bits per heavy atom. The molecule has 0 radical (unpaired) electrons. The fraction of sp³-hybridized carbons (Fsp3) is 1.00. The molecule has 0 heterocycles. The molecule has 0 amide bonds. The molecule has 0 rings (SSSR count). The molecule has 0 aromatic carbocycles. The maximum Gasteiger partial charge on any atom is 0.0470 e. The Balaban J connectivity index is 2.69. The van der Waals surface area contributed by atoms with Crippen molar-refractivity contribution in [2.75, 3.05) is 38.3 Å². The lowest BCUT2D eigenvalue weighted by Crippen LogP contribution is -2.16. The summed E-state index contributed by atoms with van der Waals surface area (Å²) in [6, 6.07) is 0. The van der Waals surface area contributed by atoms with Crippen molar-refractivity contribution in [1.82, 2.24) is 5.32 Å². The molecular formula is C8H19NOS. The van der Waals surface area contributed by atoms with Crippen molar-refractivity contribution in [1.29, 1.82) is 0 Å². The number of hydrogen-bond acceptors (Lipinski definition) is 3. The zero-order chi connectivity index (χ0) is 8.36. The first-order valence-electron chi connectivity index (χ1n) is 4.19. The van der Waals surface area contributed by atoms with E-state index in [2.05, 4.69) is 12.2 Å². The molecule has 0 aliphatic heterocycles. The second kappa shape index (κ2) is 10.3. The minimum Gasteiger partial charge on any atom is -0.385 e. The molecule has 0 spiro atoms. The van der Waals surface area contributed by atoms with Crippen LogP contribution >= 0.6 is 11.8 Å². The van der Waals surface area contributed by atoms with E-state index in [4.69, 9.17) is 4.74 Å². The SMILES string of the molecule is CCNCCSCCCOC. The summed E-state index contributed by atoms with van der Waals surface area (Å²) < 4.78 is 4.94. The summed E-state index contributed by atoms with van der Waals surface area (Å²) in [5, 5.41) is 3.29. The van der Waals surface area contributed by atoms with Crippen LogP contribution in [-0.2, 0) is 4.74 Å². The van der Waals surface area contributed by atoms with Gasteiger partial charge in [0.15, 0.2) is 0 Å². The molecule has 0 aliphatic rings. The van der Waals surface area contributed by atoms with E-state index in [9.17, 15) is 0 Å². The molecular weight excluding hydrogens is 158 g/mol. The predicted octanol–water partition coefficient (Wildman–Crippen LogP) is 1.37. The Kier molecular flexibility index (Phi) is 10.5. The van der Waals surface area contributed by atoms with Crippen LogP contribution < -0.4 is 5.32 Å².